The fourth-order valence-corrected chi connectivity index (χ4v) is 9.35. The molecule has 0 bridgehead atoms. The third kappa shape index (κ3) is 9.69. The zero-order valence-electron chi connectivity index (χ0n) is 27.1. The fraction of sp³-hybridized carbons (Fsp3) is 0.710. The molecule has 10 heteroatoms. The average Bonchev–Trinajstić information content (AvgIpc) is 3.45. The zero-order chi connectivity index (χ0) is 30.2. The van der Waals surface area contributed by atoms with Gasteiger partial charge in [0, 0.05) is 29.9 Å². The summed E-state index contributed by atoms with van der Waals surface area (Å²) in [7, 11) is -5.43. The number of hydrogen-bond acceptors (Lipinski definition) is 7. The van der Waals surface area contributed by atoms with E-state index in [-0.39, 0.29) is 42.5 Å². The van der Waals surface area contributed by atoms with Crippen molar-refractivity contribution >= 4 is 25.0 Å². The highest BCUT2D eigenvalue weighted by atomic mass is 28.4. The maximum atomic E-state index is 6.97. The molecule has 41 heavy (non-hydrogen) atoms. The van der Waals surface area contributed by atoms with Crippen molar-refractivity contribution in [2.45, 2.75) is 122 Å². The Morgan fingerprint density at radius 3 is 2.10 bits per heavy atom. The molecule has 0 saturated carbocycles. The zero-order valence-corrected chi connectivity index (χ0v) is 30.1. The number of oxazole rings is 1. The van der Waals surface area contributed by atoms with Crippen molar-refractivity contribution in [2.24, 2.45) is 11.8 Å². The van der Waals surface area contributed by atoms with Gasteiger partial charge in [0.2, 0.25) is 5.89 Å². The lowest BCUT2D eigenvalue weighted by molar-refractivity contribution is -0.153. The molecular formula is C31H53NO6Si3. The van der Waals surface area contributed by atoms with Crippen molar-refractivity contribution in [2.75, 3.05) is 6.61 Å². The first-order chi connectivity index (χ1) is 19.0. The number of nitrogens with zero attached hydrogens (tertiary/aromatic N) is 1. The lowest BCUT2D eigenvalue weighted by Crippen LogP contribution is -2.58. The molecule has 0 amide bonds. The van der Waals surface area contributed by atoms with Crippen molar-refractivity contribution in [3.8, 4) is 11.5 Å². The predicted molar refractivity (Wildman–Crippen MR) is 172 cm³/mol. The maximum absolute atomic E-state index is 6.97. The van der Waals surface area contributed by atoms with Crippen LogP contribution in [0.25, 0.3) is 11.5 Å². The smallest absolute Gasteiger partial charge is 0.226 e. The number of rotatable bonds is 13. The Labute approximate surface area is 251 Å². The largest absolute Gasteiger partial charge is 0.441 e. The Bertz CT molecular complexity index is 1110. The summed E-state index contributed by atoms with van der Waals surface area (Å²) in [6.07, 6.45) is 3.52. The van der Waals surface area contributed by atoms with Gasteiger partial charge in [-0.05, 0) is 84.4 Å². The third-order valence-corrected chi connectivity index (χ3v) is 10.6. The van der Waals surface area contributed by atoms with Gasteiger partial charge in [0.15, 0.2) is 25.0 Å². The van der Waals surface area contributed by atoms with Gasteiger partial charge in [0.05, 0.1) is 43.3 Å². The van der Waals surface area contributed by atoms with E-state index in [0.29, 0.717) is 24.8 Å². The van der Waals surface area contributed by atoms with Crippen LogP contribution in [0.1, 0.15) is 26.0 Å². The Kier molecular flexibility index (Phi) is 10.3. The molecule has 2 aliphatic rings. The number of benzene rings is 1. The van der Waals surface area contributed by atoms with Crippen molar-refractivity contribution < 1.29 is 27.2 Å². The molecule has 2 aromatic rings. The fourth-order valence-electron chi connectivity index (χ4n) is 5.77. The molecule has 0 spiro atoms. The van der Waals surface area contributed by atoms with Crippen LogP contribution in [-0.4, -0.2) is 73.2 Å². The molecule has 0 unspecified atom stereocenters. The second kappa shape index (κ2) is 12.9. The summed E-state index contributed by atoms with van der Waals surface area (Å²) in [6, 6.07) is 10.0. The minimum absolute atomic E-state index is 0.0560. The van der Waals surface area contributed by atoms with Gasteiger partial charge in [-0.25, -0.2) is 4.98 Å². The molecule has 4 rings (SSSR count). The highest BCUT2D eigenvalue weighted by Gasteiger charge is 2.51. The van der Waals surface area contributed by atoms with Crippen LogP contribution in [0, 0.1) is 11.8 Å². The van der Waals surface area contributed by atoms with Crippen LogP contribution >= 0.6 is 0 Å². The topological polar surface area (TPSA) is 75.5 Å². The van der Waals surface area contributed by atoms with E-state index in [1.807, 2.05) is 36.5 Å². The second-order valence-corrected chi connectivity index (χ2v) is 28.3. The molecule has 1 aromatic heterocycles. The standard InChI is InChI=1S/C31H53NO6Si3/c1-21(22(2)36-39(3,4)5)28-27(35-28)17-24-20-33-26(30(38-41(9,10)11)29(24)37-40(6,7)8)18-25-19-32-31(34-25)23-15-13-12-14-16-23/h12-16,19,21-22,24,26-30H,17-18,20H2,1-11H3/t21-,22-,24-,26-,27-,28-,29+,30-/m0/s1. The van der Waals surface area contributed by atoms with Gasteiger partial charge in [-0.2, -0.15) is 0 Å². The van der Waals surface area contributed by atoms with E-state index in [4.69, 9.17) is 27.2 Å². The SMILES string of the molecule is C[C@H]([C@@H]1O[C@H]1C[C@H]1CO[C@@H](Cc2cnc(-c3ccccc3)o2)[C@H](O[Si](C)(C)C)[C@@H]1O[Si](C)(C)C)[C@H](C)O[Si](C)(C)C. The van der Waals surface area contributed by atoms with Crippen LogP contribution in [0.15, 0.2) is 40.9 Å². The predicted octanol–water partition coefficient (Wildman–Crippen LogP) is 7.37. The summed E-state index contributed by atoms with van der Waals surface area (Å²) in [5.41, 5.74) is 0.969. The molecule has 8 atom stereocenters. The number of ether oxygens (including phenoxy) is 2. The van der Waals surface area contributed by atoms with Crippen LogP contribution in [0.4, 0.5) is 0 Å². The lowest BCUT2D eigenvalue weighted by Gasteiger charge is -2.47. The molecule has 0 aliphatic carbocycles. The van der Waals surface area contributed by atoms with Crippen LogP contribution in [0.3, 0.4) is 0 Å². The van der Waals surface area contributed by atoms with Crippen molar-refractivity contribution in [1.29, 1.82) is 0 Å². The van der Waals surface area contributed by atoms with Gasteiger partial charge in [-0.15, -0.1) is 0 Å². The van der Waals surface area contributed by atoms with Gasteiger partial charge >= 0.3 is 0 Å². The summed E-state index contributed by atoms with van der Waals surface area (Å²) in [5.74, 6) is 1.98. The monoisotopic (exact) mass is 619 g/mol. The molecular weight excluding hydrogens is 567 g/mol. The van der Waals surface area contributed by atoms with Gasteiger partial charge in [0.1, 0.15) is 5.76 Å². The Hall–Kier alpha value is -1.12. The Morgan fingerprint density at radius 2 is 1.49 bits per heavy atom. The molecule has 230 valence electrons. The van der Waals surface area contributed by atoms with Crippen LogP contribution in [0.5, 0.6) is 0 Å². The molecule has 3 heterocycles. The average molecular weight is 620 g/mol. The van der Waals surface area contributed by atoms with Crippen molar-refractivity contribution in [1.82, 2.24) is 4.98 Å². The molecule has 0 N–H and O–H groups in total. The molecule has 2 saturated heterocycles. The second-order valence-electron chi connectivity index (χ2n) is 14.9. The molecule has 2 fully saturated rings. The van der Waals surface area contributed by atoms with Gasteiger partial charge in [-0.3, -0.25) is 0 Å². The summed E-state index contributed by atoms with van der Waals surface area (Å²) >= 11 is 0. The Balaban J connectivity index is 1.50. The quantitative estimate of drug-likeness (QED) is 0.171. The van der Waals surface area contributed by atoms with E-state index >= 15 is 0 Å². The number of hydrogen-bond donors (Lipinski definition) is 0. The molecule has 2 aliphatic heterocycles. The van der Waals surface area contributed by atoms with Gasteiger partial charge in [0.25, 0.3) is 0 Å². The Morgan fingerprint density at radius 1 is 0.854 bits per heavy atom. The summed E-state index contributed by atoms with van der Waals surface area (Å²) in [6.45, 7) is 25.3. The van der Waals surface area contributed by atoms with E-state index in [0.717, 1.165) is 17.7 Å². The number of aromatic nitrogens is 1. The minimum atomic E-state index is -1.93. The van der Waals surface area contributed by atoms with Crippen molar-refractivity contribution in [3.63, 3.8) is 0 Å². The lowest BCUT2D eigenvalue weighted by atomic mass is 9.86. The summed E-state index contributed by atoms with van der Waals surface area (Å²) in [5, 5.41) is 0. The summed E-state index contributed by atoms with van der Waals surface area (Å²) < 4.78 is 39.3. The highest BCUT2D eigenvalue weighted by molar-refractivity contribution is 6.70. The first-order valence-electron chi connectivity index (χ1n) is 15.3. The molecule has 1 aromatic carbocycles. The van der Waals surface area contributed by atoms with Crippen molar-refractivity contribution in [3.05, 3.63) is 42.3 Å². The summed E-state index contributed by atoms with van der Waals surface area (Å²) in [4.78, 5) is 4.55. The number of epoxide rings is 1. The molecule has 7 nitrogen and oxygen atoms in total. The normalized spacial score (nSPS) is 28.9. The van der Waals surface area contributed by atoms with E-state index < -0.39 is 25.0 Å². The van der Waals surface area contributed by atoms with Gasteiger partial charge < -0.3 is 27.2 Å². The highest BCUT2D eigenvalue weighted by Crippen LogP contribution is 2.41. The van der Waals surface area contributed by atoms with Gasteiger partial charge in [-0.1, -0.05) is 25.1 Å². The van der Waals surface area contributed by atoms with E-state index in [9.17, 15) is 0 Å². The van der Waals surface area contributed by atoms with E-state index in [1.54, 1.807) is 0 Å². The first kappa shape index (κ1) is 32.8. The van der Waals surface area contributed by atoms with E-state index in [1.165, 1.54) is 0 Å². The first-order valence-corrected chi connectivity index (χ1v) is 25.5. The van der Waals surface area contributed by atoms with E-state index in [2.05, 4.69) is 77.8 Å². The minimum Gasteiger partial charge on any atom is -0.441 e. The molecule has 0 radical (unpaired) electrons. The van der Waals surface area contributed by atoms with Crippen LogP contribution in [0.2, 0.25) is 58.9 Å². The van der Waals surface area contributed by atoms with Crippen LogP contribution in [-0.2, 0) is 29.2 Å². The third-order valence-electron chi connectivity index (χ3n) is 7.59. The maximum Gasteiger partial charge on any atom is 0.226 e. The van der Waals surface area contributed by atoms with Crippen LogP contribution < -0.4 is 0 Å².